The van der Waals surface area contributed by atoms with Gasteiger partial charge in [0.05, 0.1) is 16.9 Å². The summed E-state index contributed by atoms with van der Waals surface area (Å²) in [6.07, 6.45) is 16.7. The van der Waals surface area contributed by atoms with E-state index in [1.54, 1.807) is 8.47 Å². The average Bonchev–Trinajstić information content (AvgIpc) is 3.36. The molecule has 2 rings (SSSR count). The minimum Gasteiger partial charge on any atom is -0.117 e. The topological polar surface area (TPSA) is 0 Å². The molecule has 0 nitrogen and oxygen atoms in total. The highest BCUT2D eigenvalue weighted by Gasteiger charge is 2.25. The zero-order valence-electron chi connectivity index (χ0n) is 17.5. The lowest BCUT2D eigenvalue weighted by atomic mass is 10.1. The molecule has 0 aromatic heterocycles. The zero-order chi connectivity index (χ0) is 19.9. The Morgan fingerprint density at radius 1 is 0.571 bits per heavy atom. The molecule has 6 heteroatoms. The molecule has 2 aliphatic rings. The van der Waals surface area contributed by atoms with Crippen LogP contribution in [0.5, 0.6) is 0 Å². The second-order valence-corrected chi connectivity index (χ2v) is 14.2. The molecule has 0 bridgehead atoms. The van der Waals surface area contributed by atoms with Crippen molar-refractivity contribution in [3.05, 3.63) is 27.8 Å². The molecule has 2 aliphatic heterocycles. The zero-order valence-corrected chi connectivity index (χ0v) is 22.4. The first-order valence-electron chi connectivity index (χ1n) is 10.9. The van der Waals surface area contributed by atoms with Crippen molar-refractivity contribution in [3.8, 4) is 0 Å². The van der Waals surface area contributed by atoms with E-state index in [-0.39, 0.29) is 0 Å². The van der Waals surface area contributed by atoms with Crippen LogP contribution >= 0.6 is 70.6 Å². The molecule has 0 radical (unpaired) electrons. The predicted octanol–water partition coefficient (Wildman–Crippen LogP) is 10.9. The highest BCUT2D eigenvalue weighted by atomic mass is 32.3. The minimum absolute atomic E-state index is 1.29. The van der Waals surface area contributed by atoms with E-state index in [0.29, 0.717) is 0 Å². The van der Waals surface area contributed by atoms with Gasteiger partial charge in [-0.3, -0.25) is 0 Å². The van der Waals surface area contributed by atoms with Gasteiger partial charge in [-0.15, -0.1) is 23.5 Å². The molecule has 0 saturated heterocycles. The predicted molar refractivity (Wildman–Crippen MR) is 145 cm³/mol. The van der Waals surface area contributed by atoms with E-state index >= 15 is 0 Å². The molecule has 0 spiro atoms. The fraction of sp³-hybridized carbons (Fsp3) is 0.727. The van der Waals surface area contributed by atoms with Gasteiger partial charge in [-0.1, -0.05) is 125 Å². The maximum Gasteiger partial charge on any atom is 0.0717 e. The normalized spacial score (nSPS) is 16.8. The van der Waals surface area contributed by atoms with Gasteiger partial charge in [0, 0.05) is 0 Å². The summed E-state index contributed by atoms with van der Waals surface area (Å²) in [5.74, 6) is 2.58. The van der Waals surface area contributed by atoms with Gasteiger partial charge in [-0.2, -0.15) is 0 Å². The molecule has 160 valence electrons. The molecule has 0 aromatic carbocycles. The van der Waals surface area contributed by atoms with Crippen LogP contribution in [-0.2, 0) is 0 Å². The number of hydrogen-bond donors (Lipinski definition) is 0. The van der Waals surface area contributed by atoms with Crippen molar-refractivity contribution < 1.29 is 0 Å². The molecular weight excluding hydrogens is 457 g/mol. The van der Waals surface area contributed by atoms with Crippen molar-refractivity contribution in [2.75, 3.05) is 11.5 Å². The first-order chi connectivity index (χ1) is 13.8. The molecular formula is C22H36S6. The largest absolute Gasteiger partial charge is 0.117 e. The third-order valence-electron chi connectivity index (χ3n) is 4.57. The van der Waals surface area contributed by atoms with Gasteiger partial charge < -0.3 is 0 Å². The maximum atomic E-state index is 2.30. The van der Waals surface area contributed by atoms with Gasteiger partial charge in [0.15, 0.2) is 0 Å². The molecule has 0 N–H and O–H groups in total. The monoisotopic (exact) mass is 492 g/mol. The Morgan fingerprint density at radius 2 is 1.00 bits per heavy atom. The lowest BCUT2D eigenvalue weighted by molar-refractivity contribution is 0.627. The summed E-state index contributed by atoms with van der Waals surface area (Å²) < 4.78 is 6.19. The summed E-state index contributed by atoms with van der Waals surface area (Å²) in [4.78, 5) is 0. The van der Waals surface area contributed by atoms with Crippen LogP contribution in [0, 0.1) is 0 Å². The van der Waals surface area contributed by atoms with Crippen molar-refractivity contribution in [2.24, 2.45) is 0 Å². The van der Waals surface area contributed by atoms with Crippen molar-refractivity contribution in [1.29, 1.82) is 0 Å². The molecule has 0 atom stereocenters. The lowest BCUT2D eigenvalue weighted by Gasteiger charge is -2.05. The maximum absolute atomic E-state index is 2.30. The second-order valence-electron chi connectivity index (χ2n) is 7.09. The van der Waals surface area contributed by atoms with E-state index in [4.69, 9.17) is 0 Å². The van der Waals surface area contributed by atoms with Crippen molar-refractivity contribution in [1.82, 2.24) is 0 Å². The van der Waals surface area contributed by atoms with Crippen molar-refractivity contribution in [2.45, 2.75) is 90.9 Å². The van der Waals surface area contributed by atoms with Gasteiger partial charge in [-0.25, -0.2) is 0 Å². The number of thioether (sulfide) groups is 6. The molecule has 0 saturated carbocycles. The standard InChI is InChI=1S/C22H36S6/c1-3-5-7-9-11-13-15-23-20-21(24-16-14-12-10-8-6-4-2)28-22(27-20)19-25-17-18-26-19/h17-18H,3-16H2,1-2H3. The third-order valence-corrected chi connectivity index (χ3v) is 12.9. The highest BCUT2D eigenvalue weighted by molar-refractivity contribution is 8.42. The Kier molecular flexibility index (Phi) is 15.5. The molecule has 0 aromatic rings. The van der Waals surface area contributed by atoms with Crippen LogP contribution in [0.2, 0.25) is 0 Å². The molecule has 0 fully saturated rings. The summed E-state index contributed by atoms with van der Waals surface area (Å²) in [6, 6.07) is 0. The molecule has 28 heavy (non-hydrogen) atoms. The van der Waals surface area contributed by atoms with Gasteiger partial charge in [-0.05, 0) is 35.2 Å². The van der Waals surface area contributed by atoms with Crippen LogP contribution in [0.3, 0.4) is 0 Å². The van der Waals surface area contributed by atoms with Gasteiger partial charge in [0.2, 0.25) is 0 Å². The first kappa shape index (κ1) is 25.6. The summed E-state index contributed by atoms with van der Waals surface area (Å²) >= 11 is 12.1. The van der Waals surface area contributed by atoms with Crippen molar-refractivity contribution >= 4 is 70.6 Å². The summed E-state index contributed by atoms with van der Waals surface area (Å²) in [5, 5.41) is 4.44. The average molecular weight is 493 g/mol. The molecule has 2 heterocycles. The van der Waals surface area contributed by atoms with E-state index in [0.717, 1.165) is 0 Å². The summed E-state index contributed by atoms with van der Waals surface area (Å²) in [5.41, 5.74) is 0. The Morgan fingerprint density at radius 3 is 1.46 bits per heavy atom. The Labute approximate surface area is 199 Å². The van der Waals surface area contributed by atoms with Crippen LogP contribution in [-0.4, -0.2) is 11.5 Å². The highest BCUT2D eigenvalue weighted by Crippen LogP contribution is 2.61. The SMILES string of the molecule is CCCCCCCCSC1=C(SCCCCCCCC)SC(=C2SC=CS2)S1. The van der Waals surface area contributed by atoms with Crippen LogP contribution in [0.4, 0.5) is 0 Å². The summed E-state index contributed by atoms with van der Waals surface area (Å²) in [7, 11) is 0. The van der Waals surface area contributed by atoms with E-state index < -0.39 is 0 Å². The number of rotatable bonds is 16. The van der Waals surface area contributed by atoms with Crippen molar-refractivity contribution in [3.63, 3.8) is 0 Å². The van der Waals surface area contributed by atoms with Crippen LogP contribution in [0.1, 0.15) is 90.9 Å². The van der Waals surface area contributed by atoms with E-state index in [2.05, 4.69) is 48.2 Å². The van der Waals surface area contributed by atoms with Gasteiger partial charge >= 0.3 is 0 Å². The third kappa shape index (κ3) is 10.6. The van der Waals surface area contributed by atoms with Crippen LogP contribution in [0.15, 0.2) is 27.8 Å². The van der Waals surface area contributed by atoms with Gasteiger partial charge in [0.25, 0.3) is 0 Å². The van der Waals surface area contributed by atoms with Crippen LogP contribution in [0.25, 0.3) is 0 Å². The van der Waals surface area contributed by atoms with E-state index in [9.17, 15) is 0 Å². The van der Waals surface area contributed by atoms with Gasteiger partial charge in [0.1, 0.15) is 0 Å². The lowest BCUT2D eigenvalue weighted by Crippen LogP contribution is -1.84. The number of hydrogen-bond acceptors (Lipinski definition) is 6. The minimum atomic E-state index is 1.29. The quantitative estimate of drug-likeness (QED) is 0.195. The Balaban J connectivity index is 1.72. The molecule has 0 aliphatic carbocycles. The fourth-order valence-corrected chi connectivity index (χ4v) is 11.1. The molecule has 0 amide bonds. The van der Waals surface area contributed by atoms with Crippen LogP contribution < -0.4 is 0 Å². The Hall–Kier alpha value is 1.32. The fourth-order valence-electron chi connectivity index (χ4n) is 2.93. The van der Waals surface area contributed by atoms with E-state index in [1.165, 1.54) is 97.0 Å². The summed E-state index contributed by atoms with van der Waals surface area (Å²) in [6.45, 7) is 4.59. The first-order valence-corrected chi connectivity index (χ1v) is 16.3. The Bertz CT molecular complexity index is 481. The molecule has 0 unspecified atom stereocenters. The number of unbranched alkanes of at least 4 members (excludes halogenated alkanes) is 10. The second kappa shape index (κ2) is 16.9. The van der Waals surface area contributed by atoms with E-state index in [1.807, 2.05) is 47.0 Å². The smallest absolute Gasteiger partial charge is 0.0717 e.